The van der Waals surface area contributed by atoms with Gasteiger partial charge in [-0.3, -0.25) is 4.79 Å². The van der Waals surface area contributed by atoms with Crippen LogP contribution in [0.1, 0.15) is 373 Å². The average molecular weight is 1230 g/mol. The fourth-order valence-electron chi connectivity index (χ4n) is 12.1. The first-order valence-corrected chi connectivity index (χ1v) is 38.0. The third-order valence-electron chi connectivity index (χ3n) is 18.0. The number of hydrogen-bond acceptors (Lipinski definition) is 8. The van der Waals surface area contributed by atoms with E-state index in [1.165, 1.54) is 302 Å². The zero-order valence-corrected chi connectivity index (χ0v) is 57.3. The van der Waals surface area contributed by atoms with Crippen LogP contribution in [0, 0.1) is 0 Å². The van der Waals surface area contributed by atoms with Gasteiger partial charge in [0.25, 0.3) is 0 Å². The minimum absolute atomic E-state index is 0.186. The minimum atomic E-state index is -1.58. The van der Waals surface area contributed by atoms with Gasteiger partial charge in [-0.1, -0.05) is 351 Å². The number of aliphatic hydroxyl groups excluding tert-OH is 5. The number of aliphatic hydroxyl groups is 5. The highest BCUT2D eigenvalue weighted by Gasteiger charge is 2.44. The molecule has 1 aliphatic heterocycles. The second kappa shape index (κ2) is 66.8. The molecule has 1 fully saturated rings. The summed E-state index contributed by atoms with van der Waals surface area (Å²) in [6.45, 7) is 3.81. The van der Waals surface area contributed by atoms with Crippen molar-refractivity contribution in [1.82, 2.24) is 5.32 Å². The summed E-state index contributed by atoms with van der Waals surface area (Å²) in [4.78, 5) is 13.1. The van der Waals surface area contributed by atoms with E-state index in [4.69, 9.17) is 9.47 Å². The molecular weight excluding hydrogens is 1080 g/mol. The number of amides is 1. The molecule has 9 heteroatoms. The molecule has 7 atom stereocenters. The Kier molecular flexibility index (Phi) is 63.7. The largest absolute Gasteiger partial charge is 0.394 e. The molecule has 1 saturated heterocycles. The molecule has 0 aromatic heterocycles. The number of unbranched alkanes of at least 4 members (excludes halogenated alkanes) is 49. The Labute approximate surface area is 538 Å². The van der Waals surface area contributed by atoms with E-state index in [1.54, 1.807) is 6.08 Å². The Hall–Kier alpha value is -2.11. The smallest absolute Gasteiger partial charge is 0.220 e. The molecule has 0 aliphatic carbocycles. The number of rotatable bonds is 67. The summed E-state index contributed by atoms with van der Waals surface area (Å²) in [5.74, 6) is -0.186. The van der Waals surface area contributed by atoms with Crippen molar-refractivity contribution in [3.8, 4) is 0 Å². The van der Waals surface area contributed by atoms with Crippen molar-refractivity contribution < 1.29 is 39.8 Å². The van der Waals surface area contributed by atoms with Crippen LogP contribution < -0.4 is 5.32 Å². The summed E-state index contributed by atoms with van der Waals surface area (Å²) in [7, 11) is 0. The summed E-state index contributed by atoms with van der Waals surface area (Å²) in [6.07, 6.45) is 86.5. The first-order valence-electron chi connectivity index (χ1n) is 38.0. The fraction of sp³-hybridized carbons (Fsp3) is 0.859. The van der Waals surface area contributed by atoms with Crippen LogP contribution in [-0.2, 0) is 14.3 Å². The highest BCUT2D eigenvalue weighted by atomic mass is 16.7. The third kappa shape index (κ3) is 55.3. The van der Waals surface area contributed by atoms with E-state index < -0.39 is 49.5 Å². The van der Waals surface area contributed by atoms with Gasteiger partial charge in [0.2, 0.25) is 5.91 Å². The molecule has 0 aromatic rings. The third-order valence-corrected chi connectivity index (χ3v) is 18.0. The first-order chi connectivity index (χ1) is 42.8. The monoisotopic (exact) mass is 1220 g/mol. The van der Waals surface area contributed by atoms with Crippen molar-refractivity contribution in [2.24, 2.45) is 0 Å². The van der Waals surface area contributed by atoms with Crippen LogP contribution in [0.3, 0.4) is 0 Å². The Morgan fingerprint density at radius 3 is 1.03 bits per heavy atom. The van der Waals surface area contributed by atoms with Gasteiger partial charge in [-0.2, -0.15) is 0 Å². The highest BCUT2D eigenvalue weighted by Crippen LogP contribution is 2.23. The number of allylic oxidation sites excluding steroid dienone is 9. The summed E-state index contributed by atoms with van der Waals surface area (Å²) in [5.41, 5.74) is 0. The molecule has 0 spiro atoms. The van der Waals surface area contributed by atoms with E-state index in [2.05, 4.69) is 67.8 Å². The summed E-state index contributed by atoms with van der Waals surface area (Å²) < 4.78 is 11.3. The number of ether oxygens (including phenoxy) is 2. The lowest BCUT2D eigenvalue weighted by atomic mass is 9.99. The van der Waals surface area contributed by atoms with Gasteiger partial charge < -0.3 is 40.3 Å². The maximum atomic E-state index is 13.1. The molecule has 510 valence electrons. The normalized spacial score (nSPS) is 18.3. The minimum Gasteiger partial charge on any atom is -0.394 e. The van der Waals surface area contributed by atoms with Crippen LogP contribution in [0.2, 0.25) is 0 Å². The van der Waals surface area contributed by atoms with Gasteiger partial charge in [0.1, 0.15) is 24.4 Å². The average Bonchev–Trinajstić information content (AvgIpc) is 3.38. The Balaban J connectivity index is 2.10. The van der Waals surface area contributed by atoms with Crippen molar-refractivity contribution in [2.45, 2.75) is 416 Å². The fourth-order valence-corrected chi connectivity index (χ4v) is 12.1. The molecule has 9 nitrogen and oxygen atoms in total. The molecule has 7 unspecified atom stereocenters. The Morgan fingerprint density at radius 1 is 0.391 bits per heavy atom. The highest BCUT2D eigenvalue weighted by molar-refractivity contribution is 5.76. The molecule has 1 heterocycles. The Bertz CT molecular complexity index is 1560. The van der Waals surface area contributed by atoms with Gasteiger partial charge in [-0.15, -0.1) is 0 Å². The first kappa shape index (κ1) is 82.9. The molecule has 1 aliphatic rings. The molecule has 1 rings (SSSR count). The quantitative estimate of drug-likeness (QED) is 0.0261. The maximum Gasteiger partial charge on any atom is 0.220 e. The lowest BCUT2D eigenvalue weighted by Crippen LogP contribution is -2.60. The van der Waals surface area contributed by atoms with Crippen molar-refractivity contribution >= 4 is 5.91 Å². The number of carbonyl (C=O) groups is 1. The van der Waals surface area contributed by atoms with E-state index >= 15 is 0 Å². The van der Waals surface area contributed by atoms with Gasteiger partial charge in [0.05, 0.1) is 25.4 Å². The van der Waals surface area contributed by atoms with Crippen LogP contribution in [0.25, 0.3) is 0 Å². The summed E-state index contributed by atoms with van der Waals surface area (Å²) >= 11 is 0. The number of hydrogen-bond donors (Lipinski definition) is 6. The number of nitrogens with one attached hydrogen (secondary N) is 1. The van der Waals surface area contributed by atoms with Gasteiger partial charge in [-0.05, 0) is 77.0 Å². The van der Waals surface area contributed by atoms with E-state index in [9.17, 15) is 30.3 Å². The molecule has 6 N–H and O–H groups in total. The lowest BCUT2D eigenvalue weighted by molar-refractivity contribution is -0.302. The maximum absolute atomic E-state index is 13.1. The van der Waals surface area contributed by atoms with E-state index in [0.29, 0.717) is 6.42 Å². The number of carbonyl (C=O) groups excluding carboxylic acids is 1. The molecule has 1 amide bonds. The molecule has 0 saturated carbocycles. The van der Waals surface area contributed by atoms with Crippen LogP contribution in [0.15, 0.2) is 60.8 Å². The summed E-state index contributed by atoms with van der Waals surface area (Å²) in [6, 6.07) is -0.831. The second-order valence-electron chi connectivity index (χ2n) is 26.4. The molecule has 0 aromatic carbocycles. The summed E-state index contributed by atoms with van der Waals surface area (Å²) in [5, 5.41) is 54.8. The van der Waals surface area contributed by atoms with E-state index in [-0.39, 0.29) is 12.5 Å². The van der Waals surface area contributed by atoms with Gasteiger partial charge in [0, 0.05) is 6.42 Å². The van der Waals surface area contributed by atoms with Gasteiger partial charge in [-0.25, -0.2) is 0 Å². The van der Waals surface area contributed by atoms with Crippen LogP contribution in [-0.4, -0.2) is 87.5 Å². The van der Waals surface area contributed by atoms with Crippen molar-refractivity contribution in [2.75, 3.05) is 13.2 Å². The molecule has 87 heavy (non-hydrogen) atoms. The topological polar surface area (TPSA) is 149 Å². The van der Waals surface area contributed by atoms with Crippen LogP contribution in [0.5, 0.6) is 0 Å². The Morgan fingerprint density at radius 2 is 0.690 bits per heavy atom. The zero-order valence-electron chi connectivity index (χ0n) is 57.3. The predicted octanol–water partition coefficient (Wildman–Crippen LogP) is 21.3. The van der Waals surface area contributed by atoms with E-state index in [1.807, 2.05) is 6.08 Å². The second-order valence-corrected chi connectivity index (χ2v) is 26.4. The van der Waals surface area contributed by atoms with Crippen LogP contribution >= 0.6 is 0 Å². The van der Waals surface area contributed by atoms with Crippen LogP contribution in [0.4, 0.5) is 0 Å². The zero-order chi connectivity index (χ0) is 62.8. The van der Waals surface area contributed by atoms with Gasteiger partial charge in [0.15, 0.2) is 6.29 Å². The van der Waals surface area contributed by atoms with Crippen molar-refractivity contribution in [3.05, 3.63) is 60.8 Å². The van der Waals surface area contributed by atoms with Crippen molar-refractivity contribution in [3.63, 3.8) is 0 Å². The van der Waals surface area contributed by atoms with E-state index in [0.717, 1.165) is 51.4 Å². The molecule has 0 bridgehead atoms. The molecule has 0 radical (unpaired) electrons. The standard InChI is InChI=1S/C78H145NO8/c1-3-5-7-9-11-13-15-17-19-21-23-25-27-29-30-31-32-33-34-35-36-37-38-39-40-41-42-44-46-48-50-52-54-56-58-60-62-64-66-68-74(82)79-71(70-86-78-77(85)76(84)75(83)73(69-80)87-78)72(81)67-65-63-61-59-57-55-53-51-49-47-45-43-28-26-24-22-20-18-16-14-12-10-8-6-4-2/h32-33,35-36,49,51,57,59,65,67,71-73,75-78,80-81,83-85H,3-31,34,37-48,50,52-56,58,60-64,66,68-70H2,1-2H3,(H,79,82)/b33-32-,36-35-,51-49+,59-57+,67-65+. The molecular formula is C78H145NO8. The SMILES string of the molecule is CCCCCCCCCCCCCCCCC/C=C\C/C=C\CCCCCCCCCCCCCCCCCCCC(=O)NC(COC1OC(CO)C(O)C(O)C1O)C(O)/C=C/CC/C=C/CC/C=C/CCCCCCCCCCCCCCCCC. The lowest BCUT2D eigenvalue weighted by Gasteiger charge is -2.40. The predicted molar refractivity (Wildman–Crippen MR) is 373 cm³/mol. The van der Waals surface area contributed by atoms with Crippen molar-refractivity contribution in [1.29, 1.82) is 0 Å². The van der Waals surface area contributed by atoms with Gasteiger partial charge >= 0.3 is 0 Å².